The number of hydrogen-bond donors (Lipinski definition) is 2. The Morgan fingerprint density at radius 3 is 2.43 bits per heavy atom. The fourth-order valence-corrected chi connectivity index (χ4v) is 2.27. The van der Waals surface area contributed by atoms with Crippen LogP contribution in [0.1, 0.15) is 11.6 Å². The van der Waals surface area contributed by atoms with Gasteiger partial charge in [0, 0.05) is 21.3 Å². The molecule has 1 atom stereocenters. The highest BCUT2D eigenvalue weighted by Crippen LogP contribution is 2.29. The number of nitrogens with one attached hydrogen (secondary N) is 1. The fraction of sp³-hybridized carbons (Fsp3) is 0.133. The average Bonchev–Trinajstić information content (AvgIpc) is 2.48. The van der Waals surface area contributed by atoms with Gasteiger partial charge in [-0.15, -0.1) is 0 Å². The van der Waals surface area contributed by atoms with Gasteiger partial charge in [-0.3, -0.25) is 0 Å². The number of aliphatic carboxylic acids is 1. The molecule has 4 nitrogen and oxygen atoms in total. The molecule has 0 aliphatic heterocycles. The van der Waals surface area contributed by atoms with E-state index >= 15 is 0 Å². The van der Waals surface area contributed by atoms with Crippen LogP contribution in [-0.2, 0) is 4.79 Å². The summed E-state index contributed by atoms with van der Waals surface area (Å²) in [6, 6.07) is 10.7. The van der Waals surface area contributed by atoms with E-state index in [1.165, 1.54) is 0 Å². The molecule has 0 aromatic heterocycles. The lowest BCUT2D eigenvalue weighted by atomic mass is 10.1. The van der Waals surface area contributed by atoms with Crippen LogP contribution in [0.3, 0.4) is 0 Å². The third-order valence-electron chi connectivity index (χ3n) is 2.92. The Balaban J connectivity index is 2.30. The van der Waals surface area contributed by atoms with Crippen molar-refractivity contribution in [3.05, 3.63) is 58.1 Å². The molecule has 0 radical (unpaired) electrons. The number of hydrogen-bond acceptors (Lipinski definition) is 3. The second-order valence-electron chi connectivity index (χ2n) is 4.31. The number of ether oxygens (including phenoxy) is 1. The topological polar surface area (TPSA) is 58.6 Å². The van der Waals surface area contributed by atoms with Crippen molar-refractivity contribution in [2.75, 3.05) is 12.4 Å². The molecule has 0 saturated heterocycles. The zero-order valence-electron chi connectivity index (χ0n) is 11.1. The van der Waals surface area contributed by atoms with Gasteiger partial charge in [0.15, 0.2) is 6.04 Å². The molecule has 0 amide bonds. The summed E-state index contributed by atoms with van der Waals surface area (Å²) in [4.78, 5) is 11.5. The summed E-state index contributed by atoms with van der Waals surface area (Å²) >= 11 is 12.0. The molecule has 0 heterocycles. The number of carboxylic acids is 1. The number of rotatable bonds is 5. The Kier molecular flexibility index (Phi) is 4.94. The molecule has 0 bridgehead atoms. The maximum Gasteiger partial charge on any atom is 0.330 e. The second kappa shape index (κ2) is 6.70. The van der Waals surface area contributed by atoms with Crippen molar-refractivity contribution in [3.63, 3.8) is 0 Å². The van der Waals surface area contributed by atoms with E-state index in [9.17, 15) is 9.90 Å². The average molecular weight is 326 g/mol. The van der Waals surface area contributed by atoms with Crippen molar-refractivity contribution < 1.29 is 14.6 Å². The number of carbonyl (C=O) groups is 1. The molecule has 0 saturated carbocycles. The maximum absolute atomic E-state index is 11.5. The van der Waals surface area contributed by atoms with Crippen LogP contribution in [0.25, 0.3) is 0 Å². The molecule has 110 valence electrons. The van der Waals surface area contributed by atoms with Crippen LogP contribution in [0.2, 0.25) is 10.0 Å². The third-order valence-corrected chi connectivity index (χ3v) is 3.50. The van der Waals surface area contributed by atoms with Crippen molar-refractivity contribution in [1.29, 1.82) is 0 Å². The molecular weight excluding hydrogens is 313 g/mol. The maximum atomic E-state index is 11.5. The fourth-order valence-electron chi connectivity index (χ4n) is 1.86. The Morgan fingerprint density at radius 2 is 1.86 bits per heavy atom. The molecule has 0 aliphatic carbocycles. The molecule has 2 N–H and O–H groups in total. The summed E-state index contributed by atoms with van der Waals surface area (Å²) in [5, 5.41) is 13.1. The van der Waals surface area contributed by atoms with E-state index in [0.29, 0.717) is 27.0 Å². The summed E-state index contributed by atoms with van der Waals surface area (Å²) < 4.78 is 5.06. The second-order valence-corrected chi connectivity index (χ2v) is 5.15. The molecule has 6 heteroatoms. The Bertz CT molecular complexity index is 644. The van der Waals surface area contributed by atoms with Gasteiger partial charge >= 0.3 is 5.97 Å². The lowest BCUT2D eigenvalue weighted by Gasteiger charge is -2.18. The number of halogens is 2. The van der Waals surface area contributed by atoms with Crippen LogP contribution < -0.4 is 10.1 Å². The predicted molar refractivity (Wildman–Crippen MR) is 83.5 cm³/mol. The first-order chi connectivity index (χ1) is 10.0. The highest BCUT2D eigenvalue weighted by molar-refractivity contribution is 6.33. The predicted octanol–water partition coefficient (Wildman–Crippen LogP) is 4.24. The van der Waals surface area contributed by atoms with Crippen LogP contribution in [-0.4, -0.2) is 18.2 Å². The van der Waals surface area contributed by atoms with Crippen LogP contribution >= 0.6 is 23.2 Å². The smallest absolute Gasteiger partial charge is 0.330 e. The minimum Gasteiger partial charge on any atom is -0.497 e. The van der Waals surface area contributed by atoms with Gasteiger partial charge in [0.05, 0.1) is 7.11 Å². The van der Waals surface area contributed by atoms with E-state index in [1.807, 2.05) is 0 Å². The van der Waals surface area contributed by atoms with Crippen molar-refractivity contribution in [2.24, 2.45) is 0 Å². The zero-order chi connectivity index (χ0) is 15.4. The lowest BCUT2D eigenvalue weighted by Crippen LogP contribution is -2.20. The van der Waals surface area contributed by atoms with E-state index in [4.69, 9.17) is 27.9 Å². The van der Waals surface area contributed by atoms with Crippen molar-refractivity contribution in [3.8, 4) is 5.75 Å². The molecule has 0 spiro atoms. The van der Waals surface area contributed by atoms with Gasteiger partial charge < -0.3 is 15.2 Å². The van der Waals surface area contributed by atoms with E-state index < -0.39 is 12.0 Å². The number of anilines is 1. The van der Waals surface area contributed by atoms with Gasteiger partial charge in [-0.05, 0) is 42.5 Å². The van der Waals surface area contributed by atoms with Gasteiger partial charge in [0.25, 0.3) is 0 Å². The van der Waals surface area contributed by atoms with Gasteiger partial charge in [-0.25, -0.2) is 4.79 Å². The SMILES string of the molecule is COc1ccc(NC(C(=O)O)c2cc(Cl)ccc2Cl)cc1. The number of benzene rings is 2. The molecule has 2 aromatic carbocycles. The van der Waals surface area contributed by atoms with Crippen molar-refractivity contribution in [2.45, 2.75) is 6.04 Å². The largest absolute Gasteiger partial charge is 0.497 e. The van der Waals surface area contributed by atoms with Crippen LogP contribution in [0, 0.1) is 0 Å². The van der Waals surface area contributed by atoms with Gasteiger partial charge in [-0.2, -0.15) is 0 Å². The van der Waals surface area contributed by atoms with E-state index in [0.717, 1.165) is 0 Å². The van der Waals surface area contributed by atoms with Gasteiger partial charge in [-0.1, -0.05) is 23.2 Å². The Morgan fingerprint density at radius 1 is 1.19 bits per heavy atom. The zero-order valence-corrected chi connectivity index (χ0v) is 12.7. The standard InChI is InChI=1S/C15H13Cl2NO3/c1-21-11-5-3-10(4-6-11)18-14(15(19)20)12-8-9(16)2-7-13(12)17/h2-8,14,18H,1H3,(H,19,20). The first-order valence-corrected chi connectivity index (χ1v) is 6.85. The van der Waals surface area contributed by atoms with Gasteiger partial charge in [0.1, 0.15) is 5.75 Å². The minimum absolute atomic E-state index is 0.341. The first-order valence-electron chi connectivity index (χ1n) is 6.09. The molecule has 21 heavy (non-hydrogen) atoms. The Hall–Kier alpha value is -1.91. The third kappa shape index (κ3) is 3.80. The van der Waals surface area contributed by atoms with Crippen LogP contribution in [0.4, 0.5) is 5.69 Å². The highest BCUT2D eigenvalue weighted by Gasteiger charge is 2.22. The molecular formula is C15H13Cl2NO3. The Labute approximate surface area is 132 Å². The molecule has 0 fully saturated rings. The lowest BCUT2D eigenvalue weighted by molar-refractivity contribution is -0.138. The number of methoxy groups -OCH3 is 1. The van der Waals surface area contributed by atoms with Crippen molar-refractivity contribution >= 4 is 34.9 Å². The monoisotopic (exact) mass is 325 g/mol. The van der Waals surface area contributed by atoms with E-state index in [2.05, 4.69) is 5.32 Å². The minimum atomic E-state index is -1.05. The number of carboxylic acid groups (broad SMARTS) is 1. The highest BCUT2D eigenvalue weighted by atomic mass is 35.5. The molecule has 2 aromatic rings. The summed E-state index contributed by atoms with van der Waals surface area (Å²) in [6.45, 7) is 0. The summed E-state index contributed by atoms with van der Waals surface area (Å²) in [7, 11) is 1.56. The summed E-state index contributed by atoms with van der Waals surface area (Å²) in [5.74, 6) is -0.358. The molecule has 1 unspecified atom stereocenters. The van der Waals surface area contributed by atoms with Crippen LogP contribution in [0.15, 0.2) is 42.5 Å². The van der Waals surface area contributed by atoms with Crippen molar-refractivity contribution in [1.82, 2.24) is 0 Å². The quantitative estimate of drug-likeness (QED) is 0.863. The molecule has 0 aliphatic rings. The van der Waals surface area contributed by atoms with E-state index in [-0.39, 0.29) is 0 Å². The van der Waals surface area contributed by atoms with Gasteiger partial charge in [0.2, 0.25) is 0 Å². The molecule has 2 rings (SSSR count). The first kappa shape index (κ1) is 15.5. The summed E-state index contributed by atoms with van der Waals surface area (Å²) in [6.07, 6.45) is 0. The van der Waals surface area contributed by atoms with Crippen LogP contribution in [0.5, 0.6) is 5.75 Å². The summed E-state index contributed by atoms with van der Waals surface area (Å²) in [5.41, 5.74) is 1.05. The van der Waals surface area contributed by atoms with E-state index in [1.54, 1.807) is 49.6 Å². The normalized spacial score (nSPS) is 11.8.